The maximum absolute atomic E-state index is 12.1. The van der Waals surface area contributed by atoms with Crippen LogP contribution in [0.2, 0.25) is 0 Å². The Morgan fingerprint density at radius 3 is 2.71 bits per heavy atom. The molecule has 0 spiro atoms. The van der Waals surface area contributed by atoms with E-state index in [4.69, 9.17) is 10.5 Å². The summed E-state index contributed by atoms with van der Waals surface area (Å²) in [5.41, 5.74) is 6.15. The van der Waals surface area contributed by atoms with Gasteiger partial charge in [-0.05, 0) is 12.5 Å². The standard InChI is InChI=1S/C9H13FN2O.ClH/c1-2-13-9-4-3-7(6-12-9)8(11)5-10;/h3-4,6,8H,2,5,11H2,1H3;1H/t8-;/m0./s1. The zero-order chi connectivity index (χ0) is 9.68. The molecule has 80 valence electrons. The maximum Gasteiger partial charge on any atom is 0.213 e. The summed E-state index contributed by atoms with van der Waals surface area (Å²) in [5, 5.41) is 0. The number of hydrogen-bond acceptors (Lipinski definition) is 3. The summed E-state index contributed by atoms with van der Waals surface area (Å²) in [4.78, 5) is 3.97. The Bertz CT molecular complexity index is 255. The summed E-state index contributed by atoms with van der Waals surface area (Å²) >= 11 is 0. The molecule has 0 aromatic carbocycles. The predicted octanol–water partition coefficient (Wildman–Crippen LogP) is 1.87. The first-order valence-corrected chi connectivity index (χ1v) is 4.18. The van der Waals surface area contributed by atoms with Gasteiger partial charge < -0.3 is 10.5 Å². The van der Waals surface area contributed by atoms with Crippen molar-refractivity contribution in [2.75, 3.05) is 13.3 Å². The fraction of sp³-hybridized carbons (Fsp3) is 0.444. The summed E-state index contributed by atoms with van der Waals surface area (Å²) in [6, 6.07) is 2.83. The van der Waals surface area contributed by atoms with Gasteiger partial charge in [0.15, 0.2) is 0 Å². The molecule has 0 saturated heterocycles. The van der Waals surface area contributed by atoms with Crippen LogP contribution in [0.1, 0.15) is 18.5 Å². The van der Waals surface area contributed by atoms with Crippen LogP contribution in [-0.2, 0) is 0 Å². The van der Waals surface area contributed by atoms with Crippen LogP contribution in [0.4, 0.5) is 4.39 Å². The topological polar surface area (TPSA) is 48.1 Å². The molecule has 3 nitrogen and oxygen atoms in total. The molecule has 0 aliphatic rings. The first-order valence-electron chi connectivity index (χ1n) is 4.18. The molecule has 0 radical (unpaired) electrons. The lowest BCUT2D eigenvalue weighted by Crippen LogP contribution is -2.12. The van der Waals surface area contributed by atoms with Crippen molar-refractivity contribution in [2.24, 2.45) is 5.73 Å². The number of nitrogens with two attached hydrogens (primary N) is 1. The van der Waals surface area contributed by atoms with Gasteiger partial charge >= 0.3 is 0 Å². The Hall–Kier alpha value is -0.870. The van der Waals surface area contributed by atoms with E-state index in [1.165, 1.54) is 6.20 Å². The number of aromatic nitrogens is 1. The third-order valence-electron chi connectivity index (χ3n) is 1.65. The Morgan fingerprint density at radius 2 is 2.29 bits per heavy atom. The van der Waals surface area contributed by atoms with Gasteiger partial charge in [0.05, 0.1) is 12.6 Å². The largest absolute Gasteiger partial charge is 0.478 e. The zero-order valence-electron chi connectivity index (χ0n) is 7.94. The highest BCUT2D eigenvalue weighted by molar-refractivity contribution is 5.85. The number of rotatable bonds is 4. The van der Waals surface area contributed by atoms with Crippen LogP contribution in [0.5, 0.6) is 5.88 Å². The molecule has 1 rings (SSSR count). The molecule has 0 unspecified atom stereocenters. The molecule has 1 aromatic heterocycles. The zero-order valence-corrected chi connectivity index (χ0v) is 8.76. The van der Waals surface area contributed by atoms with E-state index >= 15 is 0 Å². The van der Waals surface area contributed by atoms with Crippen molar-refractivity contribution in [1.29, 1.82) is 0 Å². The summed E-state index contributed by atoms with van der Waals surface area (Å²) in [7, 11) is 0. The van der Waals surface area contributed by atoms with Crippen LogP contribution in [0.3, 0.4) is 0 Å². The molecule has 1 atom stereocenters. The smallest absolute Gasteiger partial charge is 0.213 e. The second-order valence-electron chi connectivity index (χ2n) is 2.62. The number of nitrogens with zero attached hydrogens (tertiary/aromatic N) is 1. The van der Waals surface area contributed by atoms with E-state index in [1.54, 1.807) is 12.1 Å². The van der Waals surface area contributed by atoms with Crippen LogP contribution in [0.25, 0.3) is 0 Å². The molecule has 1 aromatic rings. The predicted molar refractivity (Wildman–Crippen MR) is 55.6 cm³/mol. The second-order valence-corrected chi connectivity index (χ2v) is 2.62. The number of halogens is 2. The first-order chi connectivity index (χ1) is 6.27. The fourth-order valence-electron chi connectivity index (χ4n) is 0.933. The second kappa shape index (κ2) is 6.56. The third kappa shape index (κ3) is 3.47. The molecule has 14 heavy (non-hydrogen) atoms. The van der Waals surface area contributed by atoms with Crippen molar-refractivity contribution < 1.29 is 9.13 Å². The lowest BCUT2D eigenvalue weighted by Gasteiger charge is -2.07. The van der Waals surface area contributed by atoms with E-state index in [2.05, 4.69) is 4.98 Å². The SMILES string of the molecule is CCOc1ccc([C@@H](N)CF)cn1.Cl. The first kappa shape index (κ1) is 13.1. The Labute approximate surface area is 88.9 Å². The fourth-order valence-corrected chi connectivity index (χ4v) is 0.933. The Kier molecular flexibility index (Phi) is 6.16. The van der Waals surface area contributed by atoms with Crippen LogP contribution < -0.4 is 10.5 Å². The lowest BCUT2D eigenvalue weighted by molar-refractivity contribution is 0.326. The molecular weight excluding hydrogens is 207 g/mol. The number of alkyl halides is 1. The van der Waals surface area contributed by atoms with Gasteiger partial charge in [-0.15, -0.1) is 12.4 Å². The molecule has 0 saturated carbocycles. The van der Waals surface area contributed by atoms with E-state index in [9.17, 15) is 4.39 Å². The average Bonchev–Trinajstić information content (AvgIpc) is 2.18. The number of ether oxygens (including phenoxy) is 1. The van der Waals surface area contributed by atoms with E-state index < -0.39 is 12.7 Å². The van der Waals surface area contributed by atoms with Crippen molar-refractivity contribution in [3.63, 3.8) is 0 Å². The minimum Gasteiger partial charge on any atom is -0.478 e. The van der Waals surface area contributed by atoms with Crippen molar-refractivity contribution in [3.05, 3.63) is 23.9 Å². The summed E-state index contributed by atoms with van der Waals surface area (Å²) in [6.07, 6.45) is 1.54. The molecule has 0 bridgehead atoms. The van der Waals surface area contributed by atoms with Crippen molar-refractivity contribution >= 4 is 12.4 Å². The van der Waals surface area contributed by atoms with Gasteiger partial charge in [0, 0.05) is 12.3 Å². The van der Waals surface area contributed by atoms with Crippen molar-refractivity contribution in [3.8, 4) is 5.88 Å². The molecule has 0 aliphatic heterocycles. The van der Waals surface area contributed by atoms with Crippen LogP contribution in [0, 0.1) is 0 Å². The Morgan fingerprint density at radius 1 is 1.57 bits per heavy atom. The quantitative estimate of drug-likeness (QED) is 0.843. The Balaban J connectivity index is 0.00000169. The van der Waals surface area contributed by atoms with Gasteiger partial charge in [0.1, 0.15) is 6.67 Å². The van der Waals surface area contributed by atoms with E-state index in [1.807, 2.05) is 6.92 Å². The van der Waals surface area contributed by atoms with E-state index in [-0.39, 0.29) is 12.4 Å². The van der Waals surface area contributed by atoms with Gasteiger partial charge in [-0.3, -0.25) is 0 Å². The molecular formula is C9H14ClFN2O. The van der Waals surface area contributed by atoms with Gasteiger partial charge in [0.25, 0.3) is 0 Å². The average molecular weight is 221 g/mol. The van der Waals surface area contributed by atoms with Gasteiger partial charge in [0.2, 0.25) is 5.88 Å². The van der Waals surface area contributed by atoms with Crippen LogP contribution in [-0.4, -0.2) is 18.3 Å². The van der Waals surface area contributed by atoms with Crippen molar-refractivity contribution in [1.82, 2.24) is 4.98 Å². The monoisotopic (exact) mass is 220 g/mol. The van der Waals surface area contributed by atoms with E-state index in [0.717, 1.165) is 0 Å². The minimum absolute atomic E-state index is 0. The normalized spacial score (nSPS) is 11.6. The lowest BCUT2D eigenvalue weighted by atomic mass is 10.1. The van der Waals surface area contributed by atoms with Crippen LogP contribution >= 0.6 is 12.4 Å². The number of pyridine rings is 1. The molecule has 5 heteroatoms. The third-order valence-corrected chi connectivity index (χ3v) is 1.65. The molecule has 1 heterocycles. The van der Waals surface area contributed by atoms with E-state index in [0.29, 0.717) is 18.1 Å². The molecule has 2 N–H and O–H groups in total. The highest BCUT2D eigenvalue weighted by Gasteiger charge is 2.05. The number of hydrogen-bond donors (Lipinski definition) is 1. The summed E-state index contributed by atoms with van der Waals surface area (Å²) in [6.45, 7) is 1.88. The highest BCUT2D eigenvalue weighted by atomic mass is 35.5. The summed E-state index contributed by atoms with van der Waals surface area (Å²) in [5.74, 6) is 0.539. The highest BCUT2D eigenvalue weighted by Crippen LogP contribution is 2.13. The molecule has 0 amide bonds. The minimum atomic E-state index is -0.580. The summed E-state index contributed by atoms with van der Waals surface area (Å²) < 4.78 is 17.3. The molecule has 0 aliphatic carbocycles. The van der Waals surface area contributed by atoms with Gasteiger partial charge in [-0.25, -0.2) is 9.37 Å². The van der Waals surface area contributed by atoms with Gasteiger partial charge in [-0.1, -0.05) is 6.07 Å². The van der Waals surface area contributed by atoms with Crippen LogP contribution in [0.15, 0.2) is 18.3 Å². The van der Waals surface area contributed by atoms with Crippen molar-refractivity contribution in [2.45, 2.75) is 13.0 Å². The maximum atomic E-state index is 12.1. The molecule has 0 fully saturated rings. The van der Waals surface area contributed by atoms with Gasteiger partial charge in [-0.2, -0.15) is 0 Å².